The number of rotatable bonds is 4. The van der Waals surface area contributed by atoms with Crippen molar-refractivity contribution in [2.24, 2.45) is 5.92 Å². The molecule has 24 heavy (non-hydrogen) atoms. The fourth-order valence-electron chi connectivity index (χ4n) is 3.16. The van der Waals surface area contributed by atoms with Gasteiger partial charge in [-0.05, 0) is 24.5 Å². The molecular weight excluding hydrogens is 304 g/mol. The Morgan fingerprint density at radius 1 is 1.21 bits per heavy atom. The number of H-pyrrole nitrogens is 1. The molecule has 1 fully saturated rings. The fraction of sp³-hybridized carbons (Fsp3) is 0.294. The maximum atomic E-state index is 5.52. The van der Waals surface area contributed by atoms with Crippen LogP contribution in [0.2, 0.25) is 0 Å². The number of aromatic nitrogens is 5. The van der Waals surface area contributed by atoms with Crippen molar-refractivity contribution in [3.63, 3.8) is 0 Å². The molecule has 0 unspecified atom stereocenters. The molecular formula is C17H16N6O. The van der Waals surface area contributed by atoms with Crippen molar-refractivity contribution in [1.29, 1.82) is 0 Å². The van der Waals surface area contributed by atoms with Gasteiger partial charge in [0.15, 0.2) is 22.6 Å². The summed E-state index contributed by atoms with van der Waals surface area (Å²) in [6, 6.07) is 6.02. The minimum atomic E-state index is 0.645. The number of benzene rings is 1. The molecule has 3 heterocycles. The zero-order valence-electron chi connectivity index (χ0n) is 13.0. The lowest BCUT2D eigenvalue weighted by Crippen LogP contribution is -2.13. The third kappa shape index (κ3) is 2.20. The van der Waals surface area contributed by atoms with Crippen LogP contribution in [0.1, 0.15) is 25.0 Å². The zero-order valence-corrected chi connectivity index (χ0v) is 13.0. The highest BCUT2D eigenvalue weighted by Gasteiger charge is 2.21. The molecule has 1 saturated carbocycles. The lowest BCUT2D eigenvalue weighted by molar-refractivity contribution is 0.306. The molecule has 0 aliphatic heterocycles. The summed E-state index contributed by atoms with van der Waals surface area (Å²) in [5, 5.41) is 15.7. The van der Waals surface area contributed by atoms with E-state index < -0.39 is 0 Å². The van der Waals surface area contributed by atoms with E-state index in [0.29, 0.717) is 17.0 Å². The molecule has 120 valence electrons. The smallest absolute Gasteiger partial charge is 0.180 e. The molecule has 5 rings (SSSR count). The van der Waals surface area contributed by atoms with E-state index >= 15 is 0 Å². The highest BCUT2D eigenvalue weighted by Crippen LogP contribution is 2.32. The average Bonchev–Trinajstić information content (AvgIpc) is 3.15. The fourth-order valence-corrected chi connectivity index (χ4v) is 3.16. The number of hydrogen-bond donors (Lipinski definition) is 2. The number of nitrogens with one attached hydrogen (secondary N) is 2. The number of anilines is 2. The Bertz CT molecular complexity index is 1020. The van der Waals surface area contributed by atoms with Crippen molar-refractivity contribution in [3.05, 3.63) is 36.3 Å². The molecule has 1 aromatic carbocycles. The first kappa shape index (κ1) is 13.5. The lowest BCUT2D eigenvalue weighted by Gasteiger charge is -2.24. The summed E-state index contributed by atoms with van der Waals surface area (Å²) in [5.41, 5.74) is 4.11. The lowest BCUT2D eigenvalue weighted by atomic mass is 9.82. The van der Waals surface area contributed by atoms with Crippen molar-refractivity contribution in [2.75, 3.05) is 5.32 Å². The Balaban J connectivity index is 1.45. The maximum absolute atomic E-state index is 5.52. The van der Waals surface area contributed by atoms with Crippen LogP contribution in [0.15, 0.2) is 35.1 Å². The van der Waals surface area contributed by atoms with Crippen LogP contribution in [-0.4, -0.2) is 25.3 Å². The van der Waals surface area contributed by atoms with E-state index in [1.807, 2.05) is 12.1 Å². The van der Waals surface area contributed by atoms with Gasteiger partial charge in [-0.2, -0.15) is 5.10 Å². The summed E-state index contributed by atoms with van der Waals surface area (Å²) in [6.07, 6.45) is 8.25. The first-order chi connectivity index (χ1) is 11.9. The molecule has 7 heteroatoms. The summed E-state index contributed by atoms with van der Waals surface area (Å²) in [4.78, 5) is 8.49. The molecule has 0 amide bonds. The van der Waals surface area contributed by atoms with Crippen LogP contribution in [-0.2, 0) is 6.42 Å². The van der Waals surface area contributed by atoms with Gasteiger partial charge in [-0.3, -0.25) is 5.10 Å². The quantitative estimate of drug-likeness (QED) is 0.597. The molecule has 7 nitrogen and oxygen atoms in total. The van der Waals surface area contributed by atoms with Crippen LogP contribution in [0.3, 0.4) is 0 Å². The molecule has 1 aliphatic rings. The number of fused-ring (bicyclic) bond motifs is 2. The summed E-state index contributed by atoms with van der Waals surface area (Å²) in [6.45, 7) is 0. The van der Waals surface area contributed by atoms with Gasteiger partial charge in [0.2, 0.25) is 0 Å². The van der Waals surface area contributed by atoms with Crippen molar-refractivity contribution in [3.8, 4) is 0 Å². The van der Waals surface area contributed by atoms with E-state index in [-0.39, 0.29) is 0 Å². The maximum Gasteiger partial charge on any atom is 0.180 e. The van der Waals surface area contributed by atoms with E-state index in [0.717, 1.165) is 34.7 Å². The van der Waals surface area contributed by atoms with Gasteiger partial charge in [-0.15, -0.1) is 0 Å². The summed E-state index contributed by atoms with van der Waals surface area (Å²) >= 11 is 0. The van der Waals surface area contributed by atoms with E-state index in [1.165, 1.54) is 19.3 Å². The standard InChI is InChI=1S/C17H16N6O/c1-2-10(3-1)8-13-12-5-4-11(9-14(12)24-23-13)20-17-15-16(21-22-17)19-7-6-18-15/h4-7,9-10H,1-3,8H2,(H2,19,20,21,22). The molecule has 0 atom stereocenters. The normalized spacial score (nSPS) is 15.0. The van der Waals surface area contributed by atoms with E-state index in [4.69, 9.17) is 4.52 Å². The van der Waals surface area contributed by atoms with Crippen molar-refractivity contribution in [1.82, 2.24) is 25.3 Å². The molecule has 3 aromatic heterocycles. The topological polar surface area (TPSA) is 92.5 Å². The van der Waals surface area contributed by atoms with Crippen LogP contribution in [0.25, 0.3) is 22.1 Å². The first-order valence-electron chi connectivity index (χ1n) is 8.17. The van der Waals surface area contributed by atoms with Crippen LogP contribution >= 0.6 is 0 Å². The third-order valence-corrected chi connectivity index (χ3v) is 4.71. The first-order valence-corrected chi connectivity index (χ1v) is 8.17. The highest BCUT2D eigenvalue weighted by molar-refractivity contribution is 5.88. The molecule has 2 N–H and O–H groups in total. The van der Waals surface area contributed by atoms with Crippen molar-refractivity contribution in [2.45, 2.75) is 25.7 Å². The minimum absolute atomic E-state index is 0.645. The predicted octanol–water partition coefficient (Wildman–Crippen LogP) is 3.58. The Morgan fingerprint density at radius 3 is 3.00 bits per heavy atom. The van der Waals surface area contributed by atoms with Gasteiger partial charge in [0.05, 0.1) is 5.69 Å². The molecule has 0 bridgehead atoms. The number of nitrogens with zero attached hydrogens (tertiary/aromatic N) is 4. The second-order valence-corrected chi connectivity index (χ2v) is 6.29. The van der Waals surface area contributed by atoms with Crippen LogP contribution in [0.5, 0.6) is 0 Å². The van der Waals surface area contributed by atoms with Crippen LogP contribution in [0.4, 0.5) is 11.5 Å². The van der Waals surface area contributed by atoms with Crippen LogP contribution in [0, 0.1) is 5.92 Å². The summed E-state index contributed by atoms with van der Waals surface area (Å²) in [7, 11) is 0. The Labute approximate surface area is 137 Å². The molecule has 0 radical (unpaired) electrons. The Kier molecular flexibility index (Phi) is 2.97. The summed E-state index contributed by atoms with van der Waals surface area (Å²) < 4.78 is 5.52. The predicted molar refractivity (Wildman–Crippen MR) is 90.0 cm³/mol. The molecule has 0 saturated heterocycles. The molecule has 0 spiro atoms. The minimum Gasteiger partial charge on any atom is -0.356 e. The Morgan fingerprint density at radius 2 is 2.12 bits per heavy atom. The highest BCUT2D eigenvalue weighted by atomic mass is 16.5. The van der Waals surface area contributed by atoms with Gasteiger partial charge in [0.25, 0.3) is 0 Å². The van der Waals surface area contributed by atoms with Crippen LogP contribution < -0.4 is 5.32 Å². The third-order valence-electron chi connectivity index (χ3n) is 4.71. The monoisotopic (exact) mass is 320 g/mol. The average molecular weight is 320 g/mol. The van der Waals surface area contributed by atoms with E-state index in [1.54, 1.807) is 12.4 Å². The zero-order chi connectivity index (χ0) is 15.9. The van der Waals surface area contributed by atoms with Gasteiger partial charge in [-0.1, -0.05) is 24.4 Å². The Hall–Kier alpha value is -2.96. The summed E-state index contributed by atoms with van der Waals surface area (Å²) in [5.74, 6) is 1.41. The van der Waals surface area contributed by atoms with E-state index in [2.05, 4.69) is 36.7 Å². The van der Waals surface area contributed by atoms with Crippen molar-refractivity contribution >= 4 is 33.6 Å². The van der Waals surface area contributed by atoms with Crippen molar-refractivity contribution < 1.29 is 4.52 Å². The van der Waals surface area contributed by atoms with Gasteiger partial charge in [0.1, 0.15) is 0 Å². The van der Waals surface area contributed by atoms with E-state index in [9.17, 15) is 0 Å². The second kappa shape index (κ2) is 5.30. The number of hydrogen-bond acceptors (Lipinski definition) is 6. The van der Waals surface area contributed by atoms with Gasteiger partial charge < -0.3 is 9.84 Å². The molecule has 4 aromatic rings. The van der Waals surface area contributed by atoms with Gasteiger partial charge in [0, 0.05) is 29.5 Å². The van der Waals surface area contributed by atoms with Gasteiger partial charge >= 0.3 is 0 Å². The van der Waals surface area contributed by atoms with Gasteiger partial charge in [-0.25, -0.2) is 9.97 Å². The second-order valence-electron chi connectivity index (χ2n) is 6.29. The molecule has 1 aliphatic carbocycles. The largest absolute Gasteiger partial charge is 0.356 e. The number of aromatic amines is 1. The SMILES string of the molecule is c1cnc2c(Nc3ccc4c(CC5CCC5)noc4c3)n[nH]c2n1.